The van der Waals surface area contributed by atoms with E-state index in [4.69, 9.17) is 4.74 Å². The highest BCUT2D eigenvalue weighted by Crippen LogP contribution is 2.30. The van der Waals surface area contributed by atoms with Crippen LogP contribution in [0.1, 0.15) is 18.1 Å². The third-order valence-corrected chi connectivity index (χ3v) is 7.89. The number of carbonyl (C=O) groups excluding carboxylic acids is 1. The van der Waals surface area contributed by atoms with Crippen molar-refractivity contribution in [3.63, 3.8) is 0 Å². The molecule has 0 aliphatic carbocycles. The van der Waals surface area contributed by atoms with E-state index in [1.807, 2.05) is 39.0 Å². The molecule has 31 heavy (non-hydrogen) atoms. The number of aryl methyl sites for hydroxylation is 1. The second-order valence-corrected chi connectivity index (χ2v) is 11.2. The van der Waals surface area contributed by atoms with E-state index in [0.29, 0.717) is 23.1 Å². The molecule has 9 heteroatoms. The summed E-state index contributed by atoms with van der Waals surface area (Å²) in [6.45, 7) is 6.41. The quantitative estimate of drug-likeness (QED) is 0.657. The van der Waals surface area contributed by atoms with Gasteiger partial charge in [0.25, 0.3) is 5.91 Å². The van der Waals surface area contributed by atoms with Crippen LogP contribution in [0.4, 0.5) is 5.69 Å². The van der Waals surface area contributed by atoms with Crippen LogP contribution in [0.3, 0.4) is 0 Å². The van der Waals surface area contributed by atoms with Gasteiger partial charge in [-0.3, -0.25) is 9.69 Å². The van der Waals surface area contributed by atoms with E-state index < -0.39 is 10.0 Å². The van der Waals surface area contributed by atoms with Crippen molar-refractivity contribution in [1.29, 1.82) is 0 Å². The van der Waals surface area contributed by atoms with Crippen LogP contribution >= 0.6 is 11.8 Å². The summed E-state index contributed by atoms with van der Waals surface area (Å²) in [6.07, 6.45) is 0. The zero-order valence-electron chi connectivity index (χ0n) is 18.3. The summed E-state index contributed by atoms with van der Waals surface area (Å²) in [7, 11) is -0.594. The topological polar surface area (TPSA) is 79.3 Å². The Morgan fingerprint density at radius 1 is 1.23 bits per heavy atom. The second-order valence-electron chi connectivity index (χ2n) is 7.60. The number of benzene rings is 2. The first-order chi connectivity index (χ1) is 14.6. The summed E-state index contributed by atoms with van der Waals surface area (Å²) in [5.74, 6) is 0.502. The minimum Gasteiger partial charge on any atom is -0.483 e. The maximum absolute atomic E-state index is 12.9. The fourth-order valence-corrected chi connectivity index (χ4v) is 5.03. The van der Waals surface area contributed by atoms with Crippen molar-refractivity contribution in [2.45, 2.75) is 30.9 Å². The normalized spacial score (nSPS) is 18.1. The molecule has 1 unspecified atom stereocenters. The van der Waals surface area contributed by atoms with Crippen molar-refractivity contribution in [3.8, 4) is 5.75 Å². The number of amides is 1. The van der Waals surface area contributed by atoms with Crippen LogP contribution in [0.5, 0.6) is 5.75 Å². The number of amidine groups is 1. The van der Waals surface area contributed by atoms with Gasteiger partial charge >= 0.3 is 0 Å². The van der Waals surface area contributed by atoms with Gasteiger partial charge in [0.05, 0.1) is 10.6 Å². The average molecular weight is 462 g/mol. The van der Waals surface area contributed by atoms with E-state index in [9.17, 15) is 13.2 Å². The standard InChI is InChI=1S/C22H27N3O4S2/c1-15-8-6-11-20(17(15)3)29-14-21(26)25-13-16(2)30-22(25)23-18-9-7-10-19(12-18)31(27,28)24(4)5/h6-12,16H,13-14H2,1-5H3. The summed E-state index contributed by atoms with van der Waals surface area (Å²) in [5, 5.41) is 0.721. The number of sulfonamides is 1. The largest absolute Gasteiger partial charge is 0.483 e. The van der Waals surface area contributed by atoms with Gasteiger partial charge in [0, 0.05) is 25.9 Å². The van der Waals surface area contributed by atoms with E-state index in [0.717, 1.165) is 15.4 Å². The molecule has 1 fully saturated rings. The van der Waals surface area contributed by atoms with Crippen molar-refractivity contribution in [2.24, 2.45) is 4.99 Å². The molecule has 0 radical (unpaired) electrons. The van der Waals surface area contributed by atoms with Crippen molar-refractivity contribution in [3.05, 3.63) is 53.6 Å². The molecule has 0 bridgehead atoms. The number of hydrogen-bond acceptors (Lipinski definition) is 6. The van der Waals surface area contributed by atoms with Crippen LogP contribution in [-0.2, 0) is 14.8 Å². The molecule has 2 aromatic carbocycles. The summed E-state index contributed by atoms with van der Waals surface area (Å²) >= 11 is 1.48. The van der Waals surface area contributed by atoms with Gasteiger partial charge in [0.2, 0.25) is 10.0 Å². The third kappa shape index (κ3) is 5.28. The van der Waals surface area contributed by atoms with E-state index in [1.165, 1.54) is 38.0 Å². The number of aliphatic imine (C=N–C) groups is 1. The molecule has 0 N–H and O–H groups in total. The molecule has 1 atom stereocenters. The van der Waals surface area contributed by atoms with E-state index in [1.54, 1.807) is 17.0 Å². The Kier molecular flexibility index (Phi) is 7.08. The van der Waals surface area contributed by atoms with Crippen LogP contribution in [0.2, 0.25) is 0 Å². The molecule has 166 valence electrons. The summed E-state index contributed by atoms with van der Waals surface area (Å²) in [4.78, 5) is 19.2. The highest BCUT2D eigenvalue weighted by atomic mass is 32.2. The van der Waals surface area contributed by atoms with Crippen LogP contribution in [-0.4, -0.2) is 61.2 Å². The summed E-state index contributed by atoms with van der Waals surface area (Å²) in [6, 6.07) is 12.2. The molecule has 0 aromatic heterocycles. The van der Waals surface area contributed by atoms with Crippen LogP contribution in [0.25, 0.3) is 0 Å². The Bertz CT molecular complexity index is 1110. The number of nitrogens with zero attached hydrogens (tertiary/aromatic N) is 3. The molecule has 1 heterocycles. The lowest BCUT2D eigenvalue weighted by Gasteiger charge is -2.17. The lowest BCUT2D eigenvalue weighted by molar-refractivity contribution is -0.129. The molecule has 0 spiro atoms. The number of hydrogen-bond donors (Lipinski definition) is 0. The summed E-state index contributed by atoms with van der Waals surface area (Å²) < 4.78 is 31.8. The predicted molar refractivity (Wildman–Crippen MR) is 125 cm³/mol. The molecule has 1 aliphatic rings. The number of thioether (sulfide) groups is 1. The Morgan fingerprint density at radius 3 is 2.65 bits per heavy atom. The maximum atomic E-state index is 12.9. The first-order valence-electron chi connectivity index (χ1n) is 9.87. The number of rotatable bonds is 6. The second kappa shape index (κ2) is 9.42. The average Bonchev–Trinajstić information content (AvgIpc) is 3.09. The van der Waals surface area contributed by atoms with Crippen LogP contribution < -0.4 is 4.74 Å². The third-order valence-electron chi connectivity index (χ3n) is 5.01. The van der Waals surface area contributed by atoms with Crippen LogP contribution in [0, 0.1) is 13.8 Å². The Hall–Kier alpha value is -2.36. The van der Waals surface area contributed by atoms with Gasteiger partial charge in [-0.25, -0.2) is 17.7 Å². The minimum atomic E-state index is -3.56. The van der Waals surface area contributed by atoms with E-state index in [-0.39, 0.29) is 22.7 Å². The highest BCUT2D eigenvalue weighted by Gasteiger charge is 2.31. The van der Waals surface area contributed by atoms with Gasteiger partial charge in [0.1, 0.15) is 5.75 Å². The first-order valence-corrected chi connectivity index (χ1v) is 12.2. The van der Waals surface area contributed by atoms with Gasteiger partial charge in [-0.1, -0.05) is 36.9 Å². The van der Waals surface area contributed by atoms with Gasteiger partial charge in [-0.05, 0) is 49.2 Å². The fourth-order valence-electron chi connectivity index (χ4n) is 3.04. The Labute approximate surface area is 188 Å². The molecule has 3 rings (SSSR count). The lowest BCUT2D eigenvalue weighted by Crippen LogP contribution is -2.36. The van der Waals surface area contributed by atoms with Gasteiger partial charge in [0.15, 0.2) is 11.8 Å². The SMILES string of the molecule is Cc1cccc(OCC(=O)N2CC(C)SC2=Nc2cccc(S(=O)(=O)N(C)C)c2)c1C. The van der Waals surface area contributed by atoms with Crippen molar-refractivity contribution in [1.82, 2.24) is 9.21 Å². The van der Waals surface area contributed by atoms with E-state index in [2.05, 4.69) is 4.99 Å². The van der Waals surface area contributed by atoms with Gasteiger partial charge in [-0.2, -0.15) is 0 Å². The molecular weight excluding hydrogens is 434 g/mol. The maximum Gasteiger partial charge on any atom is 0.266 e. The van der Waals surface area contributed by atoms with Crippen LogP contribution in [0.15, 0.2) is 52.4 Å². The van der Waals surface area contributed by atoms with Crippen molar-refractivity contribution in [2.75, 3.05) is 27.2 Å². The van der Waals surface area contributed by atoms with Gasteiger partial charge < -0.3 is 4.74 Å². The highest BCUT2D eigenvalue weighted by molar-refractivity contribution is 8.14. The number of carbonyl (C=O) groups is 1. The van der Waals surface area contributed by atoms with E-state index >= 15 is 0 Å². The minimum absolute atomic E-state index is 0.0916. The fraction of sp³-hybridized carbons (Fsp3) is 0.364. The molecule has 1 aliphatic heterocycles. The molecule has 1 amide bonds. The predicted octanol–water partition coefficient (Wildman–Crippen LogP) is 3.58. The zero-order chi connectivity index (χ0) is 22.8. The van der Waals surface area contributed by atoms with Crippen molar-refractivity contribution >= 4 is 38.5 Å². The lowest BCUT2D eigenvalue weighted by atomic mass is 10.1. The van der Waals surface area contributed by atoms with Gasteiger partial charge in [-0.15, -0.1) is 0 Å². The van der Waals surface area contributed by atoms with Crippen molar-refractivity contribution < 1.29 is 17.9 Å². The molecular formula is C22H27N3O4S2. The number of ether oxygens (including phenoxy) is 1. The smallest absolute Gasteiger partial charge is 0.266 e. The molecule has 2 aromatic rings. The molecule has 1 saturated heterocycles. The zero-order valence-corrected chi connectivity index (χ0v) is 20.0. The Balaban J connectivity index is 1.80. The monoisotopic (exact) mass is 461 g/mol. The Morgan fingerprint density at radius 2 is 1.94 bits per heavy atom. The molecule has 7 nitrogen and oxygen atoms in total. The molecule has 0 saturated carbocycles. The first kappa shape index (κ1) is 23.3. The summed E-state index contributed by atoms with van der Waals surface area (Å²) in [5.41, 5.74) is 2.59.